The molecule has 1 aromatic rings. The molecule has 0 bridgehead atoms. The zero-order valence-electron chi connectivity index (χ0n) is 12.5. The maximum Gasteiger partial charge on any atom is 0.254 e. The first-order valence-corrected chi connectivity index (χ1v) is 7.44. The normalized spacial score (nSPS) is 17.2. The van der Waals surface area contributed by atoms with Crippen molar-refractivity contribution < 1.29 is 13.6 Å². The zero-order chi connectivity index (χ0) is 15.4. The smallest absolute Gasteiger partial charge is 0.254 e. The van der Waals surface area contributed by atoms with Gasteiger partial charge in [-0.05, 0) is 57.8 Å². The Hall–Kier alpha value is -1.49. The molecule has 2 rings (SSSR count). The van der Waals surface area contributed by atoms with Crippen molar-refractivity contribution in [3.05, 3.63) is 35.4 Å². The van der Waals surface area contributed by atoms with Gasteiger partial charge in [-0.15, -0.1) is 0 Å². The molecule has 0 unspecified atom stereocenters. The van der Waals surface area contributed by atoms with E-state index in [9.17, 15) is 13.6 Å². The van der Waals surface area contributed by atoms with Gasteiger partial charge in [0.05, 0.1) is 5.56 Å². The predicted molar refractivity (Wildman–Crippen MR) is 78.1 cm³/mol. The van der Waals surface area contributed by atoms with E-state index in [1.165, 1.54) is 6.07 Å². The number of nitrogens with zero attached hydrogens (tertiary/aromatic N) is 1. The van der Waals surface area contributed by atoms with Crippen LogP contribution in [0.25, 0.3) is 0 Å². The maximum atomic E-state index is 13.5. The number of amides is 1. The van der Waals surface area contributed by atoms with E-state index >= 15 is 0 Å². The molecule has 1 amide bonds. The Bertz CT molecular complexity index is 497. The second-order valence-electron chi connectivity index (χ2n) is 5.91. The zero-order valence-corrected chi connectivity index (χ0v) is 12.5. The summed E-state index contributed by atoms with van der Waals surface area (Å²) in [6, 6.07) is 3.56. The monoisotopic (exact) mass is 296 g/mol. The molecule has 1 aliphatic heterocycles. The fraction of sp³-hybridized carbons (Fsp3) is 0.562. The maximum absolute atomic E-state index is 13.5. The minimum atomic E-state index is -0.817. The van der Waals surface area contributed by atoms with Crippen LogP contribution >= 0.6 is 0 Å². The molecule has 116 valence electrons. The molecule has 0 spiro atoms. The van der Waals surface area contributed by atoms with E-state index in [0.29, 0.717) is 18.5 Å². The summed E-state index contributed by atoms with van der Waals surface area (Å²) in [5.41, 5.74) is -0.101. The first-order valence-electron chi connectivity index (χ1n) is 7.44. The molecule has 21 heavy (non-hydrogen) atoms. The number of hydrogen-bond donors (Lipinski definition) is 1. The van der Waals surface area contributed by atoms with Crippen molar-refractivity contribution in [3.8, 4) is 0 Å². The van der Waals surface area contributed by atoms with E-state index in [0.717, 1.165) is 38.1 Å². The summed E-state index contributed by atoms with van der Waals surface area (Å²) in [4.78, 5) is 14.3. The molecule has 1 aliphatic rings. The van der Waals surface area contributed by atoms with Gasteiger partial charge in [-0.3, -0.25) is 4.79 Å². The summed E-state index contributed by atoms with van der Waals surface area (Å²) in [7, 11) is 0. The van der Waals surface area contributed by atoms with Crippen LogP contribution in [-0.2, 0) is 0 Å². The molecular weight excluding hydrogens is 274 g/mol. The fourth-order valence-corrected chi connectivity index (χ4v) is 2.68. The average Bonchev–Trinajstić information content (AvgIpc) is 2.45. The van der Waals surface area contributed by atoms with Crippen molar-refractivity contribution in [1.82, 2.24) is 10.2 Å². The Morgan fingerprint density at radius 1 is 1.33 bits per heavy atom. The second-order valence-corrected chi connectivity index (χ2v) is 5.91. The number of nitrogens with one attached hydrogen (secondary N) is 1. The highest BCUT2D eigenvalue weighted by Crippen LogP contribution is 2.18. The number of piperidine rings is 1. The van der Waals surface area contributed by atoms with Gasteiger partial charge < -0.3 is 10.2 Å². The van der Waals surface area contributed by atoms with Crippen LogP contribution in [0.1, 0.15) is 37.0 Å². The number of hydrogen-bond acceptors (Lipinski definition) is 2. The highest BCUT2D eigenvalue weighted by molar-refractivity contribution is 5.94. The number of halogens is 2. The van der Waals surface area contributed by atoms with Gasteiger partial charge in [0, 0.05) is 18.7 Å². The van der Waals surface area contributed by atoms with E-state index in [1.807, 2.05) is 0 Å². The van der Waals surface area contributed by atoms with Gasteiger partial charge >= 0.3 is 0 Å². The third kappa shape index (κ3) is 4.24. The number of likely N-dealkylation sites (tertiary alicyclic amines) is 1. The largest absolute Gasteiger partial charge is 0.352 e. The van der Waals surface area contributed by atoms with Crippen molar-refractivity contribution in [2.24, 2.45) is 5.92 Å². The fourth-order valence-electron chi connectivity index (χ4n) is 2.68. The molecule has 0 atom stereocenters. The molecular formula is C16H22F2N2O. The molecule has 1 heterocycles. The van der Waals surface area contributed by atoms with Gasteiger partial charge in [0.15, 0.2) is 0 Å². The van der Waals surface area contributed by atoms with Crippen LogP contribution in [0, 0.1) is 17.6 Å². The molecule has 1 fully saturated rings. The van der Waals surface area contributed by atoms with Crippen LogP contribution in [0.4, 0.5) is 8.78 Å². The van der Waals surface area contributed by atoms with E-state index in [1.54, 1.807) is 0 Å². The predicted octanol–water partition coefficient (Wildman–Crippen LogP) is 2.82. The molecule has 0 aliphatic carbocycles. The SMILES string of the molecule is CC(C)N1CCC(CNC(=O)c2ccc(F)cc2F)CC1. The third-order valence-electron chi connectivity index (χ3n) is 4.11. The van der Waals surface area contributed by atoms with Gasteiger partial charge in [0.2, 0.25) is 0 Å². The standard InChI is InChI=1S/C16H22F2N2O/c1-11(2)20-7-5-12(6-8-20)10-19-16(21)14-4-3-13(17)9-15(14)18/h3-4,9,11-12H,5-8,10H2,1-2H3,(H,19,21). The quantitative estimate of drug-likeness (QED) is 0.926. The molecule has 1 saturated heterocycles. The van der Waals surface area contributed by atoms with Gasteiger partial charge in [0.1, 0.15) is 11.6 Å². The van der Waals surface area contributed by atoms with Crippen molar-refractivity contribution in [1.29, 1.82) is 0 Å². The molecule has 0 radical (unpaired) electrons. The van der Waals surface area contributed by atoms with Gasteiger partial charge in [-0.2, -0.15) is 0 Å². The van der Waals surface area contributed by atoms with Crippen LogP contribution in [-0.4, -0.2) is 36.5 Å². The van der Waals surface area contributed by atoms with Crippen LogP contribution in [0.15, 0.2) is 18.2 Å². The van der Waals surface area contributed by atoms with Gasteiger partial charge in [-0.25, -0.2) is 8.78 Å². The van der Waals surface area contributed by atoms with Crippen LogP contribution in [0.5, 0.6) is 0 Å². The highest BCUT2D eigenvalue weighted by atomic mass is 19.1. The Morgan fingerprint density at radius 2 is 2.00 bits per heavy atom. The van der Waals surface area contributed by atoms with Crippen LogP contribution in [0.2, 0.25) is 0 Å². The lowest BCUT2D eigenvalue weighted by molar-refractivity contribution is 0.0925. The summed E-state index contributed by atoms with van der Waals surface area (Å²) in [5, 5.41) is 2.75. The summed E-state index contributed by atoms with van der Waals surface area (Å²) in [6.07, 6.45) is 2.06. The summed E-state index contributed by atoms with van der Waals surface area (Å²) >= 11 is 0. The summed E-state index contributed by atoms with van der Waals surface area (Å²) in [6.45, 7) is 6.96. The van der Waals surface area contributed by atoms with Crippen molar-refractivity contribution in [2.75, 3.05) is 19.6 Å². The Balaban J connectivity index is 1.82. The highest BCUT2D eigenvalue weighted by Gasteiger charge is 2.21. The van der Waals surface area contributed by atoms with Crippen LogP contribution in [0.3, 0.4) is 0 Å². The molecule has 3 nitrogen and oxygen atoms in total. The third-order valence-corrected chi connectivity index (χ3v) is 4.11. The average molecular weight is 296 g/mol. The lowest BCUT2D eigenvalue weighted by Crippen LogP contribution is -2.41. The number of rotatable bonds is 4. The number of carbonyl (C=O) groups is 1. The molecule has 1 N–H and O–H groups in total. The Kier molecular flexibility index (Phi) is 5.28. The van der Waals surface area contributed by atoms with Gasteiger partial charge in [0.25, 0.3) is 5.91 Å². The van der Waals surface area contributed by atoms with E-state index in [2.05, 4.69) is 24.1 Å². The first kappa shape index (κ1) is 15.9. The molecule has 0 aromatic heterocycles. The van der Waals surface area contributed by atoms with Crippen LogP contribution < -0.4 is 5.32 Å². The van der Waals surface area contributed by atoms with E-state index in [-0.39, 0.29) is 5.56 Å². The van der Waals surface area contributed by atoms with E-state index in [4.69, 9.17) is 0 Å². The lowest BCUT2D eigenvalue weighted by Gasteiger charge is -2.34. The molecule has 5 heteroatoms. The topological polar surface area (TPSA) is 32.3 Å². The second kappa shape index (κ2) is 6.98. The lowest BCUT2D eigenvalue weighted by atomic mass is 9.96. The first-order chi connectivity index (χ1) is 9.97. The van der Waals surface area contributed by atoms with Crippen molar-refractivity contribution in [2.45, 2.75) is 32.7 Å². The van der Waals surface area contributed by atoms with Crippen molar-refractivity contribution in [3.63, 3.8) is 0 Å². The number of benzene rings is 1. The molecule has 0 saturated carbocycles. The van der Waals surface area contributed by atoms with Crippen molar-refractivity contribution >= 4 is 5.91 Å². The number of carbonyl (C=O) groups excluding carboxylic acids is 1. The Morgan fingerprint density at radius 3 is 2.57 bits per heavy atom. The summed E-state index contributed by atoms with van der Waals surface area (Å²) < 4.78 is 26.3. The molecule has 1 aromatic carbocycles. The van der Waals surface area contributed by atoms with E-state index < -0.39 is 17.5 Å². The Labute approximate surface area is 124 Å². The van der Waals surface area contributed by atoms with Gasteiger partial charge in [-0.1, -0.05) is 0 Å². The minimum Gasteiger partial charge on any atom is -0.352 e. The minimum absolute atomic E-state index is 0.101. The summed E-state index contributed by atoms with van der Waals surface area (Å²) in [5.74, 6) is -1.54.